The Bertz CT molecular complexity index is 868. The summed E-state index contributed by atoms with van der Waals surface area (Å²) in [7, 11) is 1.68. The standard InChI is InChI=1S/C16H14N4O2S/c1-20-8-11(15(19-20)16(17)22)7-14(21)13-4-2-3-12(18-13)10-5-6-23-9-10/h2-6,8-9H,7H2,1H3,(H2,17,22). The van der Waals surface area contributed by atoms with E-state index in [-0.39, 0.29) is 17.9 Å². The Morgan fingerprint density at radius 1 is 1.30 bits per heavy atom. The van der Waals surface area contributed by atoms with Crippen LogP contribution in [-0.2, 0) is 13.5 Å². The van der Waals surface area contributed by atoms with Gasteiger partial charge in [0, 0.05) is 36.2 Å². The molecule has 0 aromatic carbocycles. The summed E-state index contributed by atoms with van der Waals surface area (Å²) >= 11 is 1.57. The van der Waals surface area contributed by atoms with Gasteiger partial charge in [0.15, 0.2) is 11.5 Å². The molecule has 23 heavy (non-hydrogen) atoms. The molecule has 0 aliphatic heterocycles. The highest BCUT2D eigenvalue weighted by atomic mass is 32.1. The molecule has 0 fully saturated rings. The van der Waals surface area contributed by atoms with Crippen molar-refractivity contribution in [2.24, 2.45) is 12.8 Å². The van der Waals surface area contributed by atoms with Crippen LogP contribution in [0.1, 0.15) is 26.5 Å². The van der Waals surface area contributed by atoms with Crippen LogP contribution in [0, 0.1) is 0 Å². The summed E-state index contributed by atoms with van der Waals surface area (Å²) in [4.78, 5) is 28.3. The predicted molar refractivity (Wildman–Crippen MR) is 87.3 cm³/mol. The second-order valence-corrected chi connectivity index (χ2v) is 5.84. The molecule has 3 heterocycles. The van der Waals surface area contributed by atoms with E-state index in [4.69, 9.17) is 5.73 Å². The minimum absolute atomic E-state index is 0.0339. The summed E-state index contributed by atoms with van der Waals surface area (Å²) in [6.45, 7) is 0. The number of thiophene rings is 1. The summed E-state index contributed by atoms with van der Waals surface area (Å²) in [5, 5.41) is 7.92. The van der Waals surface area contributed by atoms with Gasteiger partial charge in [0.2, 0.25) is 0 Å². The number of hydrogen-bond acceptors (Lipinski definition) is 5. The van der Waals surface area contributed by atoms with E-state index in [1.54, 1.807) is 36.7 Å². The summed E-state index contributed by atoms with van der Waals surface area (Å²) < 4.78 is 1.47. The molecular formula is C16H14N4O2S. The van der Waals surface area contributed by atoms with Crippen molar-refractivity contribution in [1.82, 2.24) is 14.8 Å². The minimum atomic E-state index is -0.645. The molecular weight excluding hydrogens is 312 g/mol. The first kappa shape index (κ1) is 15.1. The van der Waals surface area contributed by atoms with Crippen LogP contribution in [0.25, 0.3) is 11.3 Å². The van der Waals surface area contributed by atoms with E-state index in [0.717, 1.165) is 11.3 Å². The molecule has 3 aromatic heterocycles. The molecule has 0 unspecified atom stereocenters. The third-order valence-electron chi connectivity index (χ3n) is 3.34. The van der Waals surface area contributed by atoms with Gasteiger partial charge in [-0.25, -0.2) is 4.98 Å². The van der Waals surface area contributed by atoms with Crippen LogP contribution in [0.2, 0.25) is 0 Å². The van der Waals surface area contributed by atoms with E-state index in [9.17, 15) is 9.59 Å². The second kappa shape index (κ2) is 6.13. The molecule has 3 rings (SSSR count). The van der Waals surface area contributed by atoms with Crippen LogP contribution in [-0.4, -0.2) is 26.5 Å². The number of rotatable bonds is 5. The predicted octanol–water partition coefficient (Wildman–Crippen LogP) is 2.07. The van der Waals surface area contributed by atoms with Gasteiger partial charge in [-0.2, -0.15) is 16.4 Å². The highest BCUT2D eigenvalue weighted by molar-refractivity contribution is 7.08. The average Bonchev–Trinajstić information content (AvgIpc) is 3.17. The van der Waals surface area contributed by atoms with E-state index in [2.05, 4.69) is 10.1 Å². The Hall–Kier alpha value is -2.80. The number of aromatic nitrogens is 3. The van der Waals surface area contributed by atoms with Crippen LogP contribution >= 0.6 is 11.3 Å². The first-order chi connectivity index (χ1) is 11.0. The maximum absolute atomic E-state index is 12.5. The van der Waals surface area contributed by atoms with Crippen molar-refractivity contribution in [2.75, 3.05) is 0 Å². The van der Waals surface area contributed by atoms with E-state index in [1.165, 1.54) is 4.68 Å². The molecule has 7 heteroatoms. The largest absolute Gasteiger partial charge is 0.364 e. The van der Waals surface area contributed by atoms with Crippen LogP contribution < -0.4 is 5.73 Å². The third kappa shape index (κ3) is 3.19. The molecule has 0 aliphatic rings. The Morgan fingerprint density at radius 3 is 2.83 bits per heavy atom. The van der Waals surface area contributed by atoms with Gasteiger partial charge in [0.25, 0.3) is 5.91 Å². The number of amides is 1. The molecule has 0 spiro atoms. The number of ketones is 1. The minimum Gasteiger partial charge on any atom is -0.364 e. The second-order valence-electron chi connectivity index (χ2n) is 5.06. The van der Waals surface area contributed by atoms with Crippen LogP contribution in [0.4, 0.5) is 0 Å². The fourth-order valence-electron chi connectivity index (χ4n) is 2.30. The average molecular weight is 326 g/mol. The summed E-state index contributed by atoms with van der Waals surface area (Å²) in [5.41, 5.74) is 8.00. The number of aryl methyl sites for hydroxylation is 1. The number of nitrogens with zero attached hydrogens (tertiary/aromatic N) is 3. The van der Waals surface area contributed by atoms with Gasteiger partial charge in [-0.15, -0.1) is 0 Å². The van der Waals surface area contributed by atoms with Gasteiger partial charge < -0.3 is 5.73 Å². The zero-order chi connectivity index (χ0) is 16.4. The number of hydrogen-bond donors (Lipinski definition) is 1. The lowest BCUT2D eigenvalue weighted by atomic mass is 10.1. The maximum atomic E-state index is 12.5. The van der Waals surface area contributed by atoms with Crippen LogP contribution in [0.3, 0.4) is 0 Å². The van der Waals surface area contributed by atoms with Crippen molar-refractivity contribution < 1.29 is 9.59 Å². The number of carbonyl (C=O) groups excluding carboxylic acids is 2. The first-order valence-corrected chi connectivity index (χ1v) is 7.84. The highest BCUT2D eigenvalue weighted by Crippen LogP contribution is 2.20. The van der Waals surface area contributed by atoms with Gasteiger partial charge in [-0.3, -0.25) is 14.3 Å². The Morgan fingerprint density at radius 2 is 2.13 bits per heavy atom. The van der Waals surface area contributed by atoms with Gasteiger partial charge >= 0.3 is 0 Å². The van der Waals surface area contributed by atoms with Crippen molar-refractivity contribution in [1.29, 1.82) is 0 Å². The van der Waals surface area contributed by atoms with Gasteiger partial charge in [0.05, 0.1) is 5.69 Å². The number of nitrogens with two attached hydrogens (primary N) is 1. The monoisotopic (exact) mass is 326 g/mol. The fourth-order valence-corrected chi connectivity index (χ4v) is 2.95. The lowest BCUT2D eigenvalue weighted by Gasteiger charge is -2.03. The SMILES string of the molecule is Cn1cc(CC(=O)c2cccc(-c3ccsc3)n2)c(C(N)=O)n1. The van der Waals surface area contributed by atoms with Crippen molar-refractivity contribution in [3.8, 4) is 11.3 Å². The van der Waals surface area contributed by atoms with E-state index in [1.807, 2.05) is 22.9 Å². The summed E-state index contributed by atoms with van der Waals surface area (Å²) in [6.07, 6.45) is 1.66. The zero-order valence-electron chi connectivity index (χ0n) is 12.4. The Labute approximate surface area is 136 Å². The van der Waals surface area contributed by atoms with Crippen molar-refractivity contribution >= 4 is 23.0 Å². The molecule has 0 saturated heterocycles. The van der Waals surface area contributed by atoms with Crippen LogP contribution in [0.15, 0.2) is 41.2 Å². The fraction of sp³-hybridized carbons (Fsp3) is 0.125. The smallest absolute Gasteiger partial charge is 0.269 e. The van der Waals surface area contributed by atoms with Gasteiger partial charge in [-0.05, 0) is 23.6 Å². The topological polar surface area (TPSA) is 90.9 Å². The van der Waals surface area contributed by atoms with Crippen molar-refractivity contribution in [3.05, 3.63) is 58.2 Å². The molecule has 1 amide bonds. The normalized spacial score (nSPS) is 10.7. The first-order valence-electron chi connectivity index (χ1n) is 6.90. The van der Waals surface area contributed by atoms with Crippen molar-refractivity contribution in [2.45, 2.75) is 6.42 Å². The molecule has 0 atom stereocenters. The number of carbonyl (C=O) groups is 2. The van der Waals surface area contributed by atoms with Crippen molar-refractivity contribution in [3.63, 3.8) is 0 Å². The number of primary amides is 1. The van der Waals surface area contributed by atoms with E-state index in [0.29, 0.717) is 11.3 Å². The van der Waals surface area contributed by atoms with E-state index >= 15 is 0 Å². The molecule has 6 nitrogen and oxygen atoms in total. The third-order valence-corrected chi connectivity index (χ3v) is 4.02. The molecule has 2 N–H and O–H groups in total. The molecule has 3 aromatic rings. The molecule has 0 bridgehead atoms. The lowest BCUT2D eigenvalue weighted by Crippen LogP contribution is -2.16. The maximum Gasteiger partial charge on any atom is 0.269 e. The number of Topliss-reactive ketones (excluding diaryl/α,β-unsaturated/α-hetero) is 1. The molecule has 0 saturated carbocycles. The Balaban J connectivity index is 1.87. The number of pyridine rings is 1. The molecule has 0 aliphatic carbocycles. The van der Waals surface area contributed by atoms with Gasteiger partial charge in [0.1, 0.15) is 5.69 Å². The summed E-state index contributed by atoms with van der Waals surface area (Å²) in [5.74, 6) is -0.828. The molecule has 0 radical (unpaired) electrons. The van der Waals surface area contributed by atoms with Crippen LogP contribution in [0.5, 0.6) is 0 Å². The quantitative estimate of drug-likeness (QED) is 0.727. The van der Waals surface area contributed by atoms with E-state index < -0.39 is 5.91 Å². The van der Waals surface area contributed by atoms with Gasteiger partial charge in [-0.1, -0.05) is 6.07 Å². The lowest BCUT2D eigenvalue weighted by molar-refractivity contribution is 0.0986. The summed E-state index contributed by atoms with van der Waals surface area (Å²) in [6, 6.07) is 7.27. The highest BCUT2D eigenvalue weighted by Gasteiger charge is 2.18. The zero-order valence-corrected chi connectivity index (χ0v) is 13.2. The Kier molecular flexibility index (Phi) is 4.03. The molecule has 116 valence electrons.